The Balaban J connectivity index is -0.00000150. The summed E-state index contributed by atoms with van der Waals surface area (Å²) in [5.74, 6) is -1.71. The second-order valence-electron chi connectivity index (χ2n) is 19.3. The Bertz CT molecular complexity index is 1130. The number of halogens is 6. The molecule has 14 N–H and O–H groups in total. The minimum atomic E-state index is -1.04. The summed E-state index contributed by atoms with van der Waals surface area (Å²) in [6, 6.07) is -3.60. The number of unbranched alkanes of at least 4 members (excludes halogenated alkanes) is 21. The lowest BCUT2D eigenvalue weighted by Crippen LogP contribution is -2.53. The van der Waals surface area contributed by atoms with E-state index in [9.17, 15) is 29.4 Å². The van der Waals surface area contributed by atoms with Crippen LogP contribution in [0, 0.1) is 0 Å². The number of nitrogens with one attached hydrogen (secondary N) is 4. The topological polar surface area (TPSA) is 267 Å². The summed E-state index contributed by atoms with van der Waals surface area (Å²) in [4.78, 5) is 56.0. The smallest absolute Gasteiger partial charge is 0.244 e. The Labute approximate surface area is 488 Å². The van der Waals surface area contributed by atoms with Gasteiger partial charge >= 0.3 is 0 Å². The monoisotopic (exact) mass is 1180 g/mol. The molecule has 16 nitrogen and oxygen atoms in total. The van der Waals surface area contributed by atoms with Crippen LogP contribution < -0.4 is 44.2 Å². The maximum atomic E-state index is 12.9. The van der Waals surface area contributed by atoms with Crippen LogP contribution in [-0.4, -0.2) is 146 Å². The van der Waals surface area contributed by atoms with Gasteiger partial charge in [-0.15, -0.1) is 74.4 Å². The highest BCUT2D eigenvalue weighted by Gasteiger charge is 2.24. The second-order valence-corrected chi connectivity index (χ2v) is 19.3. The van der Waals surface area contributed by atoms with Crippen molar-refractivity contribution < 1.29 is 29.4 Å². The molecule has 74 heavy (non-hydrogen) atoms. The van der Waals surface area contributed by atoms with E-state index in [0.29, 0.717) is 39.0 Å². The van der Waals surface area contributed by atoms with Crippen molar-refractivity contribution in [3.63, 3.8) is 0 Å². The van der Waals surface area contributed by atoms with E-state index in [4.69, 9.17) is 22.9 Å². The minimum Gasteiger partial charge on any atom is -0.394 e. The van der Waals surface area contributed by atoms with E-state index in [1.807, 2.05) is 0 Å². The van der Waals surface area contributed by atoms with Crippen LogP contribution in [0.1, 0.15) is 206 Å². The molecule has 4 amide bonds. The maximum Gasteiger partial charge on any atom is 0.244 e. The van der Waals surface area contributed by atoms with Crippen LogP contribution in [0.25, 0.3) is 0 Å². The number of aliphatic hydroxyl groups is 2. The molecule has 22 heteroatoms. The number of amides is 4. The van der Waals surface area contributed by atoms with Gasteiger partial charge in [-0.1, -0.05) is 142 Å². The first-order valence-corrected chi connectivity index (χ1v) is 27.8. The van der Waals surface area contributed by atoms with Crippen LogP contribution >= 0.6 is 74.4 Å². The number of hydrogen-bond acceptors (Lipinski definition) is 12. The SMILES string of the molecule is CCCCCCCCCCCCN(CCCCN(CCCCCCCCCCCC)CCCNC(=O)[C@H](CO)NC(=O)[C@@H](N)CCCCN)CCCNC(=O)[C@H](CO)NC(=O)[C@@H](N)CCCCN.Cl.Cl.Cl.Cl.Cl.Cl. The number of nitrogens with zero attached hydrogens (tertiary/aromatic N) is 2. The van der Waals surface area contributed by atoms with Gasteiger partial charge in [-0.25, -0.2) is 0 Å². The molecule has 0 saturated carbocycles. The molecule has 4 atom stereocenters. The third-order valence-electron chi connectivity index (χ3n) is 13.0. The highest BCUT2D eigenvalue weighted by atomic mass is 35.5. The highest BCUT2D eigenvalue weighted by molar-refractivity contribution is 5.90. The predicted octanol–water partition coefficient (Wildman–Crippen LogP) is 7.62. The molecule has 0 aromatic heterocycles. The zero-order chi connectivity index (χ0) is 50.3. The van der Waals surface area contributed by atoms with Crippen molar-refractivity contribution in [3.05, 3.63) is 0 Å². The third kappa shape index (κ3) is 52.0. The first-order chi connectivity index (χ1) is 33.1. The van der Waals surface area contributed by atoms with E-state index in [0.717, 1.165) is 103 Å². The molecule has 0 radical (unpaired) electrons. The summed E-state index contributed by atoms with van der Waals surface area (Å²) < 4.78 is 0. The van der Waals surface area contributed by atoms with Crippen molar-refractivity contribution in [1.82, 2.24) is 31.1 Å². The fraction of sp³-hybridized carbons (Fsp3) is 0.923. The van der Waals surface area contributed by atoms with Gasteiger partial charge in [0.2, 0.25) is 23.6 Å². The average molecular weight is 1190 g/mol. The lowest BCUT2D eigenvalue weighted by Gasteiger charge is -2.25. The molecule has 0 saturated heterocycles. The Morgan fingerprint density at radius 3 is 0.905 bits per heavy atom. The zero-order valence-corrected chi connectivity index (χ0v) is 51.1. The molecule has 0 aromatic rings. The van der Waals surface area contributed by atoms with Crippen LogP contribution in [0.15, 0.2) is 0 Å². The summed E-state index contributed by atoms with van der Waals surface area (Å²) in [5.41, 5.74) is 23.1. The zero-order valence-electron chi connectivity index (χ0n) is 46.2. The van der Waals surface area contributed by atoms with Gasteiger partial charge in [-0.2, -0.15) is 0 Å². The number of nitrogens with two attached hydrogens (primary N) is 4. The van der Waals surface area contributed by atoms with Gasteiger partial charge in [0.1, 0.15) is 12.1 Å². The van der Waals surface area contributed by atoms with Gasteiger partial charge in [0.15, 0.2) is 0 Å². The molecule has 0 aliphatic rings. The predicted molar refractivity (Wildman–Crippen MR) is 324 cm³/mol. The van der Waals surface area contributed by atoms with Gasteiger partial charge in [0.25, 0.3) is 0 Å². The van der Waals surface area contributed by atoms with Gasteiger partial charge in [-0.3, -0.25) is 19.2 Å². The molecule has 0 fully saturated rings. The molecule has 0 aliphatic heterocycles. The molecule has 0 bridgehead atoms. The van der Waals surface area contributed by atoms with Crippen LogP contribution in [0.3, 0.4) is 0 Å². The number of hydrogen-bond donors (Lipinski definition) is 10. The van der Waals surface area contributed by atoms with Gasteiger partial charge in [0, 0.05) is 13.1 Å². The van der Waals surface area contributed by atoms with Crippen molar-refractivity contribution in [2.24, 2.45) is 22.9 Å². The van der Waals surface area contributed by atoms with Crippen LogP contribution in [0.5, 0.6) is 0 Å². The van der Waals surface area contributed by atoms with Crippen molar-refractivity contribution in [2.45, 2.75) is 231 Å². The van der Waals surface area contributed by atoms with Crippen LogP contribution in [0.4, 0.5) is 0 Å². The van der Waals surface area contributed by atoms with Crippen LogP contribution in [0.2, 0.25) is 0 Å². The maximum absolute atomic E-state index is 12.9. The molecule has 0 unspecified atom stereocenters. The summed E-state index contributed by atoms with van der Waals surface area (Å²) >= 11 is 0. The highest BCUT2D eigenvalue weighted by Crippen LogP contribution is 2.13. The molecule has 0 heterocycles. The minimum absolute atomic E-state index is 0. The number of rotatable bonds is 51. The first kappa shape index (κ1) is 87.2. The van der Waals surface area contributed by atoms with Crippen LogP contribution in [-0.2, 0) is 19.2 Å². The quantitative estimate of drug-likeness (QED) is 0.0264. The van der Waals surface area contributed by atoms with E-state index in [1.54, 1.807) is 0 Å². The van der Waals surface area contributed by atoms with E-state index < -0.39 is 61.0 Å². The van der Waals surface area contributed by atoms with E-state index in [1.165, 1.54) is 116 Å². The van der Waals surface area contributed by atoms with Gasteiger partial charge in [-0.05, 0) is 117 Å². The fourth-order valence-electron chi connectivity index (χ4n) is 8.49. The summed E-state index contributed by atoms with van der Waals surface area (Å²) in [7, 11) is 0. The standard InChI is InChI=1S/C52H108N10O6.6ClH/c1-3-5-7-9-11-13-15-17-19-25-37-61(41-29-35-57-51(67)47(43-63)59-49(65)45(55)31-21-23-33-53)39-27-28-40-62(38-26-20-18-16-14-12-10-8-6-4-2)42-30-36-58-52(68)48(44-64)60-50(66)46(56)32-22-24-34-54;;;;;;/h45-48,63-64H,3-44,53-56H2,1-2H3,(H,57,67)(H,58,68)(H,59,65)(H,60,66);6*1H/t45-,46-,47-,48-;;;;;;/m0....../s1. The Morgan fingerprint density at radius 1 is 0.378 bits per heavy atom. The Morgan fingerprint density at radius 2 is 0.635 bits per heavy atom. The fourth-order valence-corrected chi connectivity index (χ4v) is 8.49. The van der Waals surface area contributed by atoms with Crippen molar-refractivity contribution in [3.8, 4) is 0 Å². The largest absolute Gasteiger partial charge is 0.394 e. The molecule has 0 aromatic carbocycles. The van der Waals surface area contributed by atoms with Crippen molar-refractivity contribution in [1.29, 1.82) is 0 Å². The summed E-state index contributed by atoms with van der Waals surface area (Å²) in [5, 5.41) is 30.8. The second kappa shape index (κ2) is 64.8. The van der Waals surface area contributed by atoms with E-state index in [2.05, 4.69) is 44.9 Å². The summed E-state index contributed by atoms with van der Waals surface area (Å²) in [6.45, 7) is 11.1. The van der Waals surface area contributed by atoms with Crippen molar-refractivity contribution >= 4 is 98.1 Å². The van der Waals surface area contributed by atoms with E-state index >= 15 is 0 Å². The first-order valence-electron chi connectivity index (χ1n) is 27.8. The normalized spacial score (nSPS) is 12.3. The van der Waals surface area contributed by atoms with Gasteiger partial charge < -0.3 is 64.2 Å². The number of carbonyl (C=O) groups is 4. The Kier molecular flexibility index (Phi) is 76.4. The van der Waals surface area contributed by atoms with Crippen molar-refractivity contribution in [2.75, 3.05) is 78.7 Å². The lowest BCUT2D eigenvalue weighted by atomic mass is 10.1. The number of carbonyl (C=O) groups excluding carboxylic acids is 4. The molecular formula is C52H114Cl6N10O6. The third-order valence-corrected chi connectivity index (χ3v) is 13.0. The molecule has 0 aliphatic carbocycles. The Hall–Kier alpha value is -0.700. The average Bonchev–Trinajstić information content (AvgIpc) is 3.33. The van der Waals surface area contributed by atoms with Gasteiger partial charge in [0.05, 0.1) is 25.3 Å². The lowest BCUT2D eigenvalue weighted by molar-refractivity contribution is -0.130. The molecule has 0 spiro atoms. The molecular weight excluding hydrogens is 1070 g/mol. The molecule has 450 valence electrons. The number of aliphatic hydroxyl groups excluding tert-OH is 2. The van der Waals surface area contributed by atoms with E-state index in [-0.39, 0.29) is 74.4 Å². The molecule has 0 rings (SSSR count). The summed E-state index contributed by atoms with van der Waals surface area (Å²) in [6.07, 6.45) is 33.3.